The van der Waals surface area contributed by atoms with E-state index >= 15 is 0 Å². The van der Waals surface area contributed by atoms with Gasteiger partial charge in [-0.05, 0) is 39.0 Å². The molecule has 0 radical (unpaired) electrons. The van der Waals surface area contributed by atoms with E-state index in [2.05, 4.69) is 40.1 Å². The summed E-state index contributed by atoms with van der Waals surface area (Å²) in [7, 11) is 1.75. The molecule has 1 unspecified atom stereocenters. The van der Waals surface area contributed by atoms with Gasteiger partial charge in [0.15, 0.2) is 0 Å². The molecular weight excluding hydrogens is 264 g/mol. The number of aryl methyl sites for hydroxylation is 1. The van der Waals surface area contributed by atoms with Gasteiger partial charge in [0.1, 0.15) is 17.5 Å². The Kier molecular flexibility index (Phi) is 5.79. The van der Waals surface area contributed by atoms with E-state index in [0.717, 1.165) is 49.5 Å². The number of hydrogen-bond donors (Lipinski definition) is 1. The topological polar surface area (TPSA) is 50.3 Å². The molecule has 1 N–H and O–H groups in total. The van der Waals surface area contributed by atoms with Gasteiger partial charge in [0.05, 0.1) is 6.61 Å². The molecule has 0 spiro atoms. The van der Waals surface area contributed by atoms with E-state index in [1.807, 2.05) is 6.92 Å². The van der Waals surface area contributed by atoms with Crippen LogP contribution in [0.5, 0.6) is 0 Å². The average Bonchev–Trinajstić information content (AvgIpc) is 3.29. The van der Waals surface area contributed by atoms with Crippen LogP contribution in [0.4, 0.5) is 11.6 Å². The van der Waals surface area contributed by atoms with Gasteiger partial charge in [0.2, 0.25) is 0 Å². The summed E-state index contributed by atoms with van der Waals surface area (Å²) in [4.78, 5) is 11.5. The Morgan fingerprint density at radius 2 is 2.19 bits per heavy atom. The third-order valence-electron chi connectivity index (χ3n) is 4.01. The maximum Gasteiger partial charge on any atom is 0.134 e. The monoisotopic (exact) mass is 292 g/mol. The molecule has 1 aromatic rings. The van der Waals surface area contributed by atoms with Crippen molar-refractivity contribution in [3.63, 3.8) is 0 Å². The molecule has 118 valence electrons. The average molecular weight is 292 g/mol. The quantitative estimate of drug-likeness (QED) is 0.758. The molecule has 2 rings (SSSR count). The van der Waals surface area contributed by atoms with Crippen molar-refractivity contribution in [1.29, 1.82) is 0 Å². The van der Waals surface area contributed by atoms with E-state index in [1.165, 1.54) is 12.8 Å². The predicted molar refractivity (Wildman–Crippen MR) is 87.0 cm³/mol. The van der Waals surface area contributed by atoms with E-state index in [9.17, 15) is 0 Å². The van der Waals surface area contributed by atoms with Gasteiger partial charge < -0.3 is 15.0 Å². The van der Waals surface area contributed by atoms with Crippen molar-refractivity contribution in [2.24, 2.45) is 5.92 Å². The van der Waals surface area contributed by atoms with E-state index in [1.54, 1.807) is 7.11 Å². The van der Waals surface area contributed by atoms with Crippen LogP contribution in [0.2, 0.25) is 0 Å². The lowest BCUT2D eigenvalue weighted by atomic mass is 10.2. The Labute approximate surface area is 128 Å². The first kappa shape index (κ1) is 16.0. The number of methoxy groups -OCH3 is 1. The fourth-order valence-electron chi connectivity index (χ4n) is 2.59. The van der Waals surface area contributed by atoms with Crippen LogP contribution in [0.3, 0.4) is 0 Å². The molecule has 1 aliphatic rings. The van der Waals surface area contributed by atoms with Crippen LogP contribution in [0.1, 0.15) is 38.9 Å². The van der Waals surface area contributed by atoms with E-state index in [0.29, 0.717) is 6.04 Å². The number of nitrogens with one attached hydrogen (secondary N) is 1. The normalized spacial score (nSPS) is 15.8. The standard InChI is InChI=1S/C16H28N4O/c1-5-8-17-15-11-16(19-13(3)18-15)20(9-10-21-4)12(2)14-6-7-14/h11-12,14H,5-10H2,1-4H3,(H,17,18,19). The molecule has 0 saturated heterocycles. The maximum absolute atomic E-state index is 5.27. The summed E-state index contributed by atoms with van der Waals surface area (Å²) >= 11 is 0. The Bertz CT molecular complexity index is 448. The lowest BCUT2D eigenvalue weighted by Crippen LogP contribution is -2.38. The molecule has 0 aromatic carbocycles. The Balaban J connectivity index is 2.18. The number of hydrogen-bond acceptors (Lipinski definition) is 5. The summed E-state index contributed by atoms with van der Waals surface area (Å²) in [5, 5.41) is 3.36. The SMILES string of the molecule is CCCNc1cc(N(CCOC)C(C)C2CC2)nc(C)n1. The molecular formula is C16H28N4O. The van der Waals surface area contributed by atoms with E-state index in [-0.39, 0.29) is 0 Å². The molecule has 1 fully saturated rings. The second kappa shape index (κ2) is 7.59. The van der Waals surface area contributed by atoms with Crippen molar-refractivity contribution in [3.05, 3.63) is 11.9 Å². The van der Waals surface area contributed by atoms with E-state index < -0.39 is 0 Å². The van der Waals surface area contributed by atoms with Crippen molar-refractivity contribution < 1.29 is 4.74 Å². The van der Waals surface area contributed by atoms with Crippen LogP contribution in [0, 0.1) is 12.8 Å². The molecule has 1 aromatic heterocycles. The smallest absolute Gasteiger partial charge is 0.134 e. The molecule has 1 atom stereocenters. The first-order valence-electron chi connectivity index (χ1n) is 8.00. The third-order valence-corrected chi connectivity index (χ3v) is 4.01. The van der Waals surface area contributed by atoms with Gasteiger partial charge in [-0.1, -0.05) is 6.92 Å². The lowest BCUT2D eigenvalue weighted by molar-refractivity contribution is 0.202. The van der Waals surface area contributed by atoms with Gasteiger partial charge in [-0.15, -0.1) is 0 Å². The van der Waals surface area contributed by atoms with Crippen molar-refractivity contribution in [3.8, 4) is 0 Å². The van der Waals surface area contributed by atoms with Gasteiger partial charge in [0.25, 0.3) is 0 Å². The minimum Gasteiger partial charge on any atom is -0.383 e. The minimum absolute atomic E-state index is 0.508. The predicted octanol–water partition coefficient (Wildman–Crippen LogP) is 2.86. The first-order valence-corrected chi connectivity index (χ1v) is 8.00. The summed E-state index contributed by atoms with van der Waals surface area (Å²) < 4.78 is 5.27. The number of nitrogens with zero attached hydrogens (tertiary/aromatic N) is 3. The van der Waals surface area contributed by atoms with Crippen LogP contribution in [0.15, 0.2) is 6.07 Å². The Morgan fingerprint density at radius 1 is 1.43 bits per heavy atom. The minimum atomic E-state index is 0.508. The van der Waals surface area contributed by atoms with Gasteiger partial charge in [-0.2, -0.15) is 0 Å². The first-order chi connectivity index (χ1) is 10.2. The van der Waals surface area contributed by atoms with Gasteiger partial charge in [-0.3, -0.25) is 0 Å². The third kappa shape index (κ3) is 4.56. The largest absolute Gasteiger partial charge is 0.383 e. The van der Waals surface area contributed by atoms with Crippen molar-refractivity contribution in [1.82, 2.24) is 9.97 Å². The Morgan fingerprint density at radius 3 is 2.81 bits per heavy atom. The highest BCUT2D eigenvalue weighted by atomic mass is 16.5. The zero-order chi connectivity index (χ0) is 15.2. The van der Waals surface area contributed by atoms with Crippen molar-refractivity contribution >= 4 is 11.6 Å². The number of rotatable bonds is 9. The van der Waals surface area contributed by atoms with Crippen LogP contribution in [0.25, 0.3) is 0 Å². The number of ether oxygens (including phenoxy) is 1. The summed E-state index contributed by atoms with van der Waals surface area (Å²) in [6.07, 6.45) is 3.75. The zero-order valence-corrected chi connectivity index (χ0v) is 13.7. The molecule has 0 aliphatic heterocycles. The second-order valence-corrected chi connectivity index (χ2v) is 5.85. The van der Waals surface area contributed by atoms with Crippen molar-refractivity contribution in [2.45, 2.75) is 46.1 Å². The van der Waals surface area contributed by atoms with Gasteiger partial charge in [-0.25, -0.2) is 9.97 Å². The van der Waals surface area contributed by atoms with Crippen LogP contribution in [-0.2, 0) is 4.74 Å². The summed E-state index contributed by atoms with van der Waals surface area (Å²) in [5.41, 5.74) is 0. The van der Waals surface area contributed by atoms with Crippen LogP contribution < -0.4 is 10.2 Å². The molecule has 0 bridgehead atoms. The molecule has 21 heavy (non-hydrogen) atoms. The highest BCUT2D eigenvalue weighted by Gasteiger charge is 2.32. The summed E-state index contributed by atoms with van der Waals surface area (Å²) in [6.45, 7) is 8.94. The summed E-state index contributed by atoms with van der Waals surface area (Å²) in [5.74, 6) is 3.54. The fraction of sp³-hybridized carbons (Fsp3) is 0.750. The summed E-state index contributed by atoms with van der Waals surface area (Å²) in [6, 6.07) is 2.57. The molecule has 1 heterocycles. The maximum atomic E-state index is 5.27. The van der Waals surface area contributed by atoms with Crippen LogP contribution >= 0.6 is 0 Å². The lowest BCUT2D eigenvalue weighted by Gasteiger charge is -2.30. The molecule has 0 amide bonds. The van der Waals surface area contributed by atoms with Gasteiger partial charge in [0, 0.05) is 32.3 Å². The number of aromatic nitrogens is 2. The Hall–Kier alpha value is -1.36. The number of anilines is 2. The molecule has 5 nitrogen and oxygen atoms in total. The fourth-order valence-corrected chi connectivity index (χ4v) is 2.59. The molecule has 1 aliphatic carbocycles. The highest BCUT2D eigenvalue weighted by Crippen LogP contribution is 2.36. The highest BCUT2D eigenvalue weighted by molar-refractivity contribution is 5.50. The van der Waals surface area contributed by atoms with Crippen molar-refractivity contribution in [2.75, 3.05) is 37.0 Å². The van der Waals surface area contributed by atoms with E-state index in [4.69, 9.17) is 4.74 Å². The second-order valence-electron chi connectivity index (χ2n) is 5.85. The molecule has 5 heteroatoms. The zero-order valence-electron chi connectivity index (χ0n) is 13.7. The van der Waals surface area contributed by atoms with Gasteiger partial charge >= 0.3 is 0 Å². The molecule has 1 saturated carbocycles. The van der Waals surface area contributed by atoms with Crippen LogP contribution in [-0.4, -0.2) is 42.8 Å².